The number of fused-ring (bicyclic) bond motifs is 1. The van der Waals surface area contributed by atoms with Crippen LogP contribution in [0.25, 0.3) is 5.70 Å². The lowest BCUT2D eigenvalue weighted by molar-refractivity contribution is -0.116. The van der Waals surface area contributed by atoms with Gasteiger partial charge >= 0.3 is 0 Å². The van der Waals surface area contributed by atoms with Crippen molar-refractivity contribution < 1.29 is 18.0 Å². The zero-order chi connectivity index (χ0) is 22.8. The molecule has 0 aromatic heterocycles. The summed E-state index contributed by atoms with van der Waals surface area (Å²) in [7, 11) is -3.78. The number of benzene rings is 2. The Hall–Kier alpha value is -2.68. The summed E-state index contributed by atoms with van der Waals surface area (Å²) in [5.74, 6) is -0.544. The molecule has 1 aliphatic rings. The maximum Gasteiger partial charge on any atom is 0.258 e. The minimum Gasteiger partial charge on any atom is -0.326 e. The molecule has 0 aliphatic carbocycles. The molecule has 0 saturated carbocycles. The SMILES string of the molecule is C=C1c2ccccc2C(=O)N1CCC(=O)Nc1ccc(Cl)c(S(=O)(=O)N(CC)CC)c1. The molecule has 1 N–H and O–H groups in total. The Kier molecular flexibility index (Phi) is 6.83. The average molecular weight is 462 g/mol. The number of sulfonamides is 1. The van der Waals surface area contributed by atoms with E-state index in [2.05, 4.69) is 11.9 Å². The van der Waals surface area contributed by atoms with Gasteiger partial charge in [0.05, 0.1) is 5.02 Å². The molecule has 31 heavy (non-hydrogen) atoms. The van der Waals surface area contributed by atoms with Crippen LogP contribution < -0.4 is 5.32 Å². The zero-order valence-electron chi connectivity index (χ0n) is 17.4. The summed E-state index contributed by atoms with van der Waals surface area (Å²) in [6.45, 7) is 8.22. The normalized spacial score (nSPS) is 13.6. The molecule has 1 aliphatic heterocycles. The van der Waals surface area contributed by atoms with E-state index in [1.165, 1.54) is 27.4 Å². The molecule has 9 heteroatoms. The summed E-state index contributed by atoms with van der Waals surface area (Å²) in [5, 5.41) is 2.77. The third kappa shape index (κ3) is 4.51. The van der Waals surface area contributed by atoms with Crippen LogP contribution in [0.3, 0.4) is 0 Å². The number of halogens is 1. The molecular formula is C22H24ClN3O4S. The lowest BCUT2D eigenvalue weighted by Gasteiger charge is -2.20. The van der Waals surface area contributed by atoms with E-state index in [0.717, 1.165) is 5.56 Å². The van der Waals surface area contributed by atoms with Crippen LogP contribution >= 0.6 is 11.6 Å². The second-order valence-electron chi connectivity index (χ2n) is 6.98. The highest BCUT2D eigenvalue weighted by atomic mass is 35.5. The Balaban J connectivity index is 1.69. The second-order valence-corrected chi connectivity index (χ2v) is 9.30. The van der Waals surface area contributed by atoms with Gasteiger partial charge in [0.15, 0.2) is 0 Å². The number of rotatable bonds is 8. The van der Waals surface area contributed by atoms with E-state index in [9.17, 15) is 18.0 Å². The maximum absolute atomic E-state index is 12.8. The molecular weight excluding hydrogens is 438 g/mol. The van der Waals surface area contributed by atoms with Gasteiger partial charge < -0.3 is 10.2 Å². The Labute approximate surface area is 187 Å². The van der Waals surface area contributed by atoms with E-state index in [-0.39, 0.29) is 34.7 Å². The minimum absolute atomic E-state index is 0.0273. The number of carbonyl (C=O) groups excluding carboxylic acids is 2. The number of carbonyl (C=O) groups is 2. The van der Waals surface area contributed by atoms with E-state index in [0.29, 0.717) is 30.0 Å². The summed E-state index contributed by atoms with van der Waals surface area (Å²) < 4.78 is 26.9. The molecule has 2 aromatic rings. The van der Waals surface area contributed by atoms with Gasteiger partial charge in [0.25, 0.3) is 5.91 Å². The third-order valence-corrected chi connectivity index (χ3v) is 7.67. The molecule has 7 nitrogen and oxygen atoms in total. The summed E-state index contributed by atoms with van der Waals surface area (Å²) in [6.07, 6.45) is 0.0273. The van der Waals surface area contributed by atoms with Crippen molar-refractivity contribution >= 4 is 44.8 Å². The number of nitrogens with zero attached hydrogens (tertiary/aromatic N) is 2. The highest BCUT2D eigenvalue weighted by molar-refractivity contribution is 7.89. The molecule has 3 rings (SSSR count). The molecule has 0 unspecified atom stereocenters. The van der Waals surface area contributed by atoms with E-state index in [1.54, 1.807) is 26.0 Å². The average Bonchev–Trinajstić information content (AvgIpc) is 2.99. The summed E-state index contributed by atoms with van der Waals surface area (Å²) in [4.78, 5) is 26.4. The van der Waals surface area contributed by atoms with Crippen molar-refractivity contribution in [2.24, 2.45) is 0 Å². The topological polar surface area (TPSA) is 86.8 Å². The first-order chi connectivity index (χ1) is 14.7. The number of nitrogens with one attached hydrogen (secondary N) is 1. The summed E-state index contributed by atoms with van der Waals surface area (Å²) in [5.41, 5.74) is 2.20. The molecule has 2 amide bonds. The van der Waals surface area contributed by atoms with Gasteiger partial charge in [0, 0.05) is 48.6 Å². The van der Waals surface area contributed by atoms with Gasteiger partial charge in [-0.15, -0.1) is 0 Å². The number of hydrogen-bond donors (Lipinski definition) is 1. The van der Waals surface area contributed by atoms with Crippen LogP contribution in [-0.4, -0.2) is 49.1 Å². The molecule has 0 spiro atoms. The van der Waals surface area contributed by atoms with Gasteiger partial charge in [-0.05, 0) is 24.3 Å². The highest BCUT2D eigenvalue weighted by Gasteiger charge is 2.30. The fourth-order valence-electron chi connectivity index (χ4n) is 3.49. The third-order valence-electron chi connectivity index (χ3n) is 5.14. The van der Waals surface area contributed by atoms with Crippen LogP contribution in [0.1, 0.15) is 36.2 Å². The Morgan fingerprint density at radius 2 is 1.77 bits per heavy atom. The molecule has 0 fully saturated rings. The van der Waals surface area contributed by atoms with E-state index < -0.39 is 10.0 Å². The first-order valence-electron chi connectivity index (χ1n) is 9.90. The second kappa shape index (κ2) is 9.21. The van der Waals surface area contributed by atoms with Crippen LogP contribution in [0.5, 0.6) is 0 Å². The molecule has 1 heterocycles. The van der Waals surface area contributed by atoms with Gasteiger partial charge in [0.2, 0.25) is 15.9 Å². The molecule has 0 bridgehead atoms. The van der Waals surface area contributed by atoms with E-state index in [4.69, 9.17) is 11.6 Å². The van der Waals surface area contributed by atoms with Gasteiger partial charge in [-0.3, -0.25) is 9.59 Å². The van der Waals surface area contributed by atoms with Crippen molar-refractivity contribution in [2.75, 3.05) is 25.0 Å². The molecule has 164 valence electrons. The standard InChI is InChI=1S/C22H24ClN3O4S/c1-4-25(5-2)31(29,30)20-14-16(10-11-19(20)23)24-21(27)12-13-26-15(3)17-8-6-7-9-18(17)22(26)28/h6-11,14H,3-5,12-13H2,1-2H3,(H,24,27). The van der Waals surface area contributed by atoms with Crippen molar-refractivity contribution in [3.63, 3.8) is 0 Å². The number of amides is 2. The van der Waals surface area contributed by atoms with Gasteiger partial charge in [-0.2, -0.15) is 4.31 Å². The summed E-state index contributed by atoms with van der Waals surface area (Å²) in [6, 6.07) is 11.5. The fourth-order valence-corrected chi connectivity index (χ4v) is 5.45. The van der Waals surface area contributed by atoms with Crippen LogP contribution in [0.15, 0.2) is 53.9 Å². The first kappa shape index (κ1) is 23.0. The van der Waals surface area contributed by atoms with Crippen molar-refractivity contribution in [1.29, 1.82) is 0 Å². The molecule has 0 saturated heterocycles. The molecule has 2 aromatic carbocycles. The predicted octanol–water partition coefficient (Wildman–Crippen LogP) is 3.83. The van der Waals surface area contributed by atoms with Crippen LogP contribution in [0, 0.1) is 0 Å². The molecule has 0 radical (unpaired) electrons. The Bertz CT molecular complexity index is 1110. The maximum atomic E-state index is 12.8. The van der Waals surface area contributed by atoms with Crippen molar-refractivity contribution in [2.45, 2.75) is 25.2 Å². The molecule has 0 atom stereocenters. The smallest absolute Gasteiger partial charge is 0.258 e. The summed E-state index contributed by atoms with van der Waals surface area (Å²) >= 11 is 6.13. The quantitative estimate of drug-likeness (QED) is 0.647. The largest absolute Gasteiger partial charge is 0.326 e. The van der Waals surface area contributed by atoms with Gasteiger partial charge in [-0.25, -0.2) is 8.42 Å². The van der Waals surface area contributed by atoms with Gasteiger partial charge in [0.1, 0.15) is 4.90 Å². The van der Waals surface area contributed by atoms with Crippen LogP contribution in [-0.2, 0) is 14.8 Å². The van der Waals surface area contributed by atoms with E-state index in [1.807, 2.05) is 12.1 Å². The Morgan fingerprint density at radius 3 is 2.39 bits per heavy atom. The Morgan fingerprint density at radius 1 is 1.13 bits per heavy atom. The monoisotopic (exact) mass is 461 g/mol. The number of hydrogen-bond acceptors (Lipinski definition) is 4. The predicted molar refractivity (Wildman–Crippen MR) is 121 cm³/mol. The lowest BCUT2D eigenvalue weighted by atomic mass is 10.1. The van der Waals surface area contributed by atoms with E-state index >= 15 is 0 Å². The van der Waals surface area contributed by atoms with Crippen LogP contribution in [0.2, 0.25) is 5.02 Å². The fraction of sp³-hybridized carbons (Fsp3) is 0.273. The van der Waals surface area contributed by atoms with Crippen LogP contribution in [0.4, 0.5) is 5.69 Å². The van der Waals surface area contributed by atoms with Crippen molar-refractivity contribution in [1.82, 2.24) is 9.21 Å². The first-order valence-corrected chi connectivity index (χ1v) is 11.7. The lowest BCUT2D eigenvalue weighted by Crippen LogP contribution is -2.31. The van der Waals surface area contributed by atoms with Gasteiger partial charge in [-0.1, -0.05) is 50.2 Å². The zero-order valence-corrected chi connectivity index (χ0v) is 19.0. The van der Waals surface area contributed by atoms with Crippen molar-refractivity contribution in [3.05, 3.63) is 65.2 Å². The minimum atomic E-state index is -3.78. The van der Waals surface area contributed by atoms with Crippen molar-refractivity contribution in [3.8, 4) is 0 Å². The number of anilines is 1. The highest BCUT2D eigenvalue weighted by Crippen LogP contribution is 2.31.